The van der Waals surface area contributed by atoms with Crippen molar-refractivity contribution in [3.63, 3.8) is 0 Å². The van der Waals surface area contributed by atoms with Crippen LogP contribution in [-0.4, -0.2) is 10.5 Å². The number of carbonyl (C=O) groups is 1. The van der Waals surface area contributed by atoms with Crippen LogP contribution in [0.4, 0.5) is 0 Å². The van der Waals surface area contributed by atoms with Gasteiger partial charge in [0, 0.05) is 6.92 Å². The van der Waals surface area contributed by atoms with Crippen molar-refractivity contribution in [3.05, 3.63) is 90.0 Å². The quantitative estimate of drug-likeness (QED) is 0.495. The summed E-state index contributed by atoms with van der Waals surface area (Å²) in [6.45, 7) is 3.36. The highest BCUT2D eigenvalue weighted by Crippen LogP contribution is 2.48. The molecule has 0 radical (unpaired) electrons. The van der Waals surface area contributed by atoms with E-state index in [0.29, 0.717) is 6.04 Å². The molecule has 5 rings (SSSR count). The molecule has 1 aromatic heterocycles. The van der Waals surface area contributed by atoms with E-state index in [1.165, 1.54) is 18.7 Å². The molecule has 0 aliphatic heterocycles. The summed E-state index contributed by atoms with van der Waals surface area (Å²) in [6.07, 6.45) is 10.2. The molecule has 168 valence electrons. The minimum atomic E-state index is -0.803. The van der Waals surface area contributed by atoms with Gasteiger partial charge in [0.2, 0.25) is 5.91 Å². The van der Waals surface area contributed by atoms with Gasteiger partial charge in [-0.25, -0.2) is 9.13 Å². The summed E-state index contributed by atoms with van der Waals surface area (Å²) in [5.41, 5.74) is 7.46. The second-order valence-corrected chi connectivity index (χ2v) is 9.42. The van der Waals surface area contributed by atoms with E-state index < -0.39 is 5.41 Å². The van der Waals surface area contributed by atoms with E-state index in [9.17, 15) is 4.79 Å². The first-order valence-electron chi connectivity index (χ1n) is 11.6. The van der Waals surface area contributed by atoms with Gasteiger partial charge in [-0.3, -0.25) is 4.79 Å². The number of rotatable bonds is 7. The van der Waals surface area contributed by atoms with Gasteiger partial charge in [-0.1, -0.05) is 60.7 Å². The summed E-state index contributed by atoms with van der Waals surface area (Å²) in [6, 6.07) is 20.7. The number of nitrogens with two attached hydrogens (primary N) is 1. The van der Waals surface area contributed by atoms with Crippen LogP contribution in [0.1, 0.15) is 55.1 Å². The summed E-state index contributed by atoms with van der Waals surface area (Å²) >= 11 is 0. The number of aromatic nitrogens is 2. The van der Waals surface area contributed by atoms with Crippen LogP contribution in [-0.2, 0) is 16.8 Å². The maximum atomic E-state index is 13.3. The third kappa shape index (κ3) is 3.92. The molecule has 2 aliphatic carbocycles. The standard InChI is InChI=1S/C27H31N3O.BrH/c1-20-29(19-21-12-13-21)16-17-30(20)25-15-14-24(18-25)27(26(28)31,22-8-4-2-5-9-22)23-10-6-3-7-11-23;/h2-11,16-17,21,24-25H,12-15,18-19H2,1H3,(H-,28,31);1H/t24-,25+;/m1./s1. The molecule has 1 amide bonds. The van der Waals surface area contributed by atoms with Gasteiger partial charge in [-0.2, -0.15) is 0 Å². The molecule has 2 fully saturated rings. The van der Waals surface area contributed by atoms with Gasteiger partial charge in [0.15, 0.2) is 0 Å². The predicted octanol–water partition coefficient (Wildman–Crippen LogP) is 1.31. The van der Waals surface area contributed by atoms with Crippen molar-refractivity contribution in [2.45, 2.75) is 57.0 Å². The predicted molar refractivity (Wildman–Crippen MR) is 121 cm³/mol. The molecule has 0 unspecified atom stereocenters. The molecule has 2 N–H and O–H groups in total. The van der Waals surface area contributed by atoms with E-state index in [1.807, 2.05) is 36.4 Å². The number of amides is 1. The molecule has 1 heterocycles. The summed E-state index contributed by atoms with van der Waals surface area (Å²) in [5, 5.41) is 0. The maximum Gasteiger partial charge on any atom is 0.253 e. The van der Waals surface area contributed by atoms with E-state index in [1.54, 1.807) is 0 Å². The summed E-state index contributed by atoms with van der Waals surface area (Å²) in [4.78, 5) is 13.3. The molecule has 2 aliphatic rings. The molecular weight excluding hydrogens is 462 g/mol. The van der Waals surface area contributed by atoms with Crippen LogP contribution in [0.2, 0.25) is 0 Å². The smallest absolute Gasteiger partial charge is 0.253 e. The number of imidazole rings is 1. The Bertz CT molecular complexity index is 1020. The van der Waals surface area contributed by atoms with Gasteiger partial charge in [0.1, 0.15) is 23.9 Å². The number of primary amides is 1. The molecule has 2 atom stereocenters. The molecule has 5 heteroatoms. The van der Waals surface area contributed by atoms with E-state index in [-0.39, 0.29) is 28.8 Å². The monoisotopic (exact) mass is 493 g/mol. The van der Waals surface area contributed by atoms with E-state index in [0.717, 1.165) is 42.9 Å². The fraction of sp³-hybridized carbons (Fsp3) is 0.407. The molecule has 0 saturated heterocycles. The summed E-state index contributed by atoms with van der Waals surface area (Å²) in [7, 11) is 0. The third-order valence-corrected chi connectivity index (χ3v) is 7.61. The Labute approximate surface area is 201 Å². The Balaban J connectivity index is 0.00000245. The highest BCUT2D eigenvalue weighted by Gasteiger charge is 2.51. The highest BCUT2D eigenvalue weighted by molar-refractivity contribution is 5.91. The van der Waals surface area contributed by atoms with Crippen molar-refractivity contribution in [3.8, 4) is 0 Å². The van der Waals surface area contributed by atoms with E-state index in [2.05, 4.69) is 52.7 Å². The summed E-state index contributed by atoms with van der Waals surface area (Å²) < 4.78 is 4.84. The number of carbonyl (C=O) groups excluding carboxylic acids is 1. The van der Waals surface area contributed by atoms with Crippen molar-refractivity contribution in [1.82, 2.24) is 4.57 Å². The first-order chi connectivity index (χ1) is 15.1. The fourth-order valence-corrected chi connectivity index (χ4v) is 5.80. The lowest BCUT2D eigenvalue weighted by molar-refractivity contribution is -0.727. The Morgan fingerprint density at radius 1 is 1.00 bits per heavy atom. The highest BCUT2D eigenvalue weighted by atomic mass is 79.9. The molecule has 4 nitrogen and oxygen atoms in total. The number of hydrogen-bond donors (Lipinski definition) is 1. The number of hydrogen-bond acceptors (Lipinski definition) is 1. The van der Waals surface area contributed by atoms with Crippen molar-refractivity contribution in [1.29, 1.82) is 0 Å². The SMILES string of the molecule is Cc1n(CC2CC2)cc[n+]1[C@H]1CC[C@@H](C(C(N)=O)(c2ccccc2)c2ccccc2)C1.[Br-]. The van der Waals surface area contributed by atoms with Gasteiger partial charge in [-0.05, 0) is 55.1 Å². The van der Waals surface area contributed by atoms with Gasteiger partial charge in [0.25, 0.3) is 5.82 Å². The second kappa shape index (κ2) is 9.22. The summed E-state index contributed by atoms with van der Waals surface area (Å²) in [5.74, 6) is 2.10. The molecule has 2 saturated carbocycles. The van der Waals surface area contributed by atoms with Crippen molar-refractivity contribution < 1.29 is 26.3 Å². The van der Waals surface area contributed by atoms with Crippen LogP contribution < -0.4 is 27.3 Å². The lowest BCUT2D eigenvalue weighted by Crippen LogP contribution is -3.00. The average Bonchev–Trinajstić information content (AvgIpc) is 3.36. The number of benzene rings is 2. The van der Waals surface area contributed by atoms with Crippen LogP contribution in [0.15, 0.2) is 73.1 Å². The Morgan fingerprint density at radius 2 is 1.59 bits per heavy atom. The number of nitrogens with zero attached hydrogens (tertiary/aromatic N) is 2. The van der Waals surface area contributed by atoms with E-state index >= 15 is 0 Å². The lowest BCUT2D eigenvalue weighted by atomic mass is 9.64. The van der Waals surface area contributed by atoms with Gasteiger partial charge in [0.05, 0.1) is 6.54 Å². The Kier molecular flexibility index (Phi) is 6.57. The zero-order valence-corrected chi connectivity index (χ0v) is 20.2. The first kappa shape index (κ1) is 22.8. The topological polar surface area (TPSA) is 51.9 Å². The van der Waals surface area contributed by atoms with Gasteiger partial charge < -0.3 is 22.7 Å². The lowest BCUT2D eigenvalue weighted by Gasteiger charge is -2.37. The average molecular weight is 494 g/mol. The molecule has 0 spiro atoms. The maximum absolute atomic E-state index is 13.3. The number of halogens is 1. The zero-order valence-electron chi connectivity index (χ0n) is 18.7. The third-order valence-electron chi connectivity index (χ3n) is 7.61. The van der Waals surface area contributed by atoms with Crippen LogP contribution in [0.25, 0.3) is 0 Å². The second-order valence-electron chi connectivity index (χ2n) is 9.42. The van der Waals surface area contributed by atoms with Crippen molar-refractivity contribution in [2.75, 3.05) is 0 Å². The Morgan fingerprint density at radius 3 is 2.12 bits per heavy atom. The van der Waals surface area contributed by atoms with Gasteiger partial charge >= 0.3 is 0 Å². The fourth-order valence-electron chi connectivity index (χ4n) is 5.80. The van der Waals surface area contributed by atoms with Crippen LogP contribution in [0.3, 0.4) is 0 Å². The molecule has 0 bridgehead atoms. The van der Waals surface area contributed by atoms with Crippen LogP contribution >= 0.6 is 0 Å². The van der Waals surface area contributed by atoms with Crippen molar-refractivity contribution >= 4 is 5.91 Å². The minimum absolute atomic E-state index is 0. The molecule has 2 aromatic carbocycles. The minimum Gasteiger partial charge on any atom is -1.00 e. The van der Waals surface area contributed by atoms with Crippen LogP contribution in [0, 0.1) is 18.8 Å². The molecule has 3 aromatic rings. The van der Waals surface area contributed by atoms with Crippen LogP contribution in [0.5, 0.6) is 0 Å². The molecule has 32 heavy (non-hydrogen) atoms. The van der Waals surface area contributed by atoms with Gasteiger partial charge in [-0.15, -0.1) is 0 Å². The normalized spacial score (nSPS) is 20.7. The largest absolute Gasteiger partial charge is 1.00 e. The zero-order chi connectivity index (χ0) is 21.4. The van der Waals surface area contributed by atoms with E-state index in [4.69, 9.17) is 5.73 Å². The first-order valence-corrected chi connectivity index (χ1v) is 11.6. The Hall–Kier alpha value is -2.40. The van der Waals surface area contributed by atoms with Crippen molar-refractivity contribution in [2.24, 2.45) is 17.6 Å². The molecular formula is C27H32BrN3O.